The van der Waals surface area contributed by atoms with E-state index in [1.165, 1.54) is 5.92 Å². The van der Waals surface area contributed by atoms with E-state index >= 15 is 0 Å². The molecule has 1 saturated carbocycles. The van der Waals surface area contributed by atoms with Crippen LogP contribution in [0.1, 0.15) is 20.3 Å². The molecule has 0 bridgehead atoms. The molecule has 0 aliphatic heterocycles. The van der Waals surface area contributed by atoms with E-state index in [-0.39, 0.29) is 5.78 Å². The third-order valence-electron chi connectivity index (χ3n) is 1.63. The molecule has 1 aliphatic carbocycles. The first-order valence-corrected chi connectivity index (χ1v) is 3.50. The highest BCUT2D eigenvalue weighted by molar-refractivity contribution is 5.96. The van der Waals surface area contributed by atoms with Crippen LogP contribution in [0.25, 0.3) is 0 Å². The Hall–Kier alpha value is -0.330. The van der Waals surface area contributed by atoms with Crippen molar-refractivity contribution in [1.29, 1.82) is 0 Å². The molecule has 5 radical (unpaired) electrons. The number of carbonyl (C=O) groups excluding carboxylic acids is 1. The Balaban J connectivity index is 2.35. The van der Waals surface area contributed by atoms with Crippen LogP contribution >= 0.6 is 0 Å². The zero-order chi connectivity index (χ0) is 7.56. The standard InChI is InChI=1S/C9H11O/c1-3-8-4-5-9(6-8)7(2)10/h4-6H,3H2,1-2H3. The molecule has 0 spiro atoms. The van der Waals surface area contributed by atoms with Gasteiger partial charge in [-0.2, -0.15) is 0 Å². The molecule has 0 atom stereocenters. The lowest BCUT2D eigenvalue weighted by Crippen LogP contribution is -2.04. The topological polar surface area (TPSA) is 17.1 Å². The summed E-state index contributed by atoms with van der Waals surface area (Å²) in [5.74, 6) is 2.22. The van der Waals surface area contributed by atoms with Crippen molar-refractivity contribution in [3.05, 3.63) is 31.1 Å². The lowest BCUT2D eigenvalue weighted by Gasteiger charge is -2.02. The third kappa shape index (κ3) is 1.59. The summed E-state index contributed by atoms with van der Waals surface area (Å²) in [5, 5.41) is 0. The maximum Gasteiger partial charge on any atom is 0.137 e. The van der Waals surface area contributed by atoms with Gasteiger partial charge in [0.1, 0.15) is 5.78 Å². The number of ketones is 1. The lowest BCUT2D eigenvalue weighted by molar-refractivity contribution is -0.114. The minimum absolute atomic E-state index is 0.153. The monoisotopic (exact) mass is 135 g/mol. The van der Waals surface area contributed by atoms with E-state index in [0.29, 0.717) is 0 Å². The SMILES string of the molecule is CC[C]1[CH][CH][C](C(C)=O)[CH]1. The molecule has 10 heavy (non-hydrogen) atoms. The van der Waals surface area contributed by atoms with Crippen LogP contribution in [-0.2, 0) is 4.79 Å². The van der Waals surface area contributed by atoms with Crippen LogP contribution in [0.3, 0.4) is 0 Å². The minimum Gasteiger partial charge on any atom is -0.299 e. The molecular formula is C9H11O. The number of rotatable bonds is 2. The summed E-state index contributed by atoms with van der Waals surface area (Å²) >= 11 is 0. The van der Waals surface area contributed by atoms with Gasteiger partial charge in [-0.1, -0.05) is 6.92 Å². The molecule has 0 aromatic carbocycles. The van der Waals surface area contributed by atoms with Crippen molar-refractivity contribution >= 4 is 5.78 Å². The molecule has 1 aliphatic rings. The second kappa shape index (κ2) is 3.18. The summed E-state index contributed by atoms with van der Waals surface area (Å²) in [6.45, 7) is 3.67. The lowest BCUT2D eigenvalue weighted by atomic mass is 10.0. The Morgan fingerprint density at radius 2 is 2.20 bits per heavy atom. The summed E-state index contributed by atoms with van der Waals surface area (Å²) in [7, 11) is 0. The van der Waals surface area contributed by atoms with Crippen LogP contribution in [0.5, 0.6) is 0 Å². The van der Waals surface area contributed by atoms with Crippen molar-refractivity contribution in [3.8, 4) is 0 Å². The van der Waals surface area contributed by atoms with E-state index < -0.39 is 0 Å². The van der Waals surface area contributed by atoms with Crippen LogP contribution in [0.2, 0.25) is 0 Å². The first-order valence-electron chi connectivity index (χ1n) is 3.50. The second-order valence-corrected chi connectivity index (χ2v) is 2.42. The maximum atomic E-state index is 10.8. The van der Waals surface area contributed by atoms with Crippen LogP contribution in [0.15, 0.2) is 0 Å². The highest BCUT2D eigenvalue weighted by atomic mass is 16.1. The fourth-order valence-electron chi connectivity index (χ4n) is 0.932. The summed E-state index contributed by atoms with van der Waals surface area (Å²) in [6, 6.07) is 0. The summed E-state index contributed by atoms with van der Waals surface area (Å²) in [4.78, 5) is 10.8. The van der Waals surface area contributed by atoms with Gasteiger partial charge in [0.25, 0.3) is 0 Å². The van der Waals surface area contributed by atoms with Crippen LogP contribution < -0.4 is 0 Å². The Kier molecular flexibility index (Phi) is 2.47. The van der Waals surface area contributed by atoms with Gasteiger partial charge in [-0.15, -0.1) is 0 Å². The van der Waals surface area contributed by atoms with E-state index in [1.807, 2.05) is 19.3 Å². The minimum atomic E-state index is 0.153. The van der Waals surface area contributed by atoms with Crippen molar-refractivity contribution < 1.29 is 4.79 Å². The van der Waals surface area contributed by atoms with Gasteiger partial charge in [-0.05, 0) is 38.5 Å². The number of hydrogen-bond donors (Lipinski definition) is 0. The van der Waals surface area contributed by atoms with Crippen LogP contribution in [0, 0.1) is 31.1 Å². The molecule has 1 heteroatoms. The highest BCUT2D eigenvalue weighted by Gasteiger charge is 2.27. The third-order valence-corrected chi connectivity index (χ3v) is 1.63. The molecule has 1 nitrogen and oxygen atoms in total. The predicted molar refractivity (Wildman–Crippen MR) is 40.4 cm³/mol. The first-order chi connectivity index (χ1) is 4.74. The zero-order valence-corrected chi connectivity index (χ0v) is 6.35. The van der Waals surface area contributed by atoms with Crippen LogP contribution in [0.4, 0.5) is 0 Å². The maximum absolute atomic E-state index is 10.8. The van der Waals surface area contributed by atoms with Gasteiger partial charge in [-0.25, -0.2) is 0 Å². The number of hydrogen-bond acceptors (Lipinski definition) is 1. The second-order valence-electron chi connectivity index (χ2n) is 2.42. The highest BCUT2D eigenvalue weighted by Crippen LogP contribution is 2.33. The fraction of sp³-hybridized carbons (Fsp3) is 0.333. The smallest absolute Gasteiger partial charge is 0.137 e. The largest absolute Gasteiger partial charge is 0.299 e. The fourth-order valence-corrected chi connectivity index (χ4v) is 0.932. The van der Waals surface area contributed by atoms with E-state index in [0.717, 1.165) is 12.3 Å². The number of carbonyl (C=O) groups is 1. The van der Waals surface area contributed by atoms with Gasteiger partial charge in [0.15, 0.2) is 0 Å². The van der Waals surface area contributed by atoms with Gasteiger partial charge in [-0.3, -0.25) is 4.79 Å². The Morgan fingerprint density at radius 1 is 1.50 bits per heavy atom. The van der Waals surface area contributed by atoms with Crippen molar-refractivity contribution in [2.24, 2.45) is 0 Å². The zero-order valence-electron chi connectivity index (χ0n) is 6.35. The summed E-state index contributed by atoms with van der Waals surface area (Å²) < 4.78 is 0. The predicted octanol–water partition coefficient (Wildman–Crippen LogP) is 1.76. The van der Waals surface area contributed by atoms with E-state index in [1.54, 1.807) is 6.92 Å². The molecule has 1 fully saturated rings. The average Bonchev–Trinajstić information content (AvgIpc) is 2.34. The van der Waals surface area contributed by atoms with Gasteiger partial charge in [0, 0.05) is 5.92 Å². The molecule has 53 valence electrons. The van der Waals surface area contributed by atoms with Gasteiger partial charge in [0.2, 0.25) is 0 Å². The van der Waals surface area contributed by atoms with E-state index in [4.69, 9.17) is 0 Å². The van der Waals surface area contributed by atoms with Crippen molar-refractivity contribution in [3.63, 3.8) is 0 Å². The Labute approximate surface area is 62.8 Å². The summed E-state index contributed by atoms with van der Waals surface area (Å²) in [5.41, 5.74) is 0. The van der Waals surface area contributed by atoms with E-state index in [2.05, 4.69) is 6.92 Å². The molecule has 0 aromatic rings. The quantitative estimate of drug-likeness (QED) is 0.564. The molecule has 1 rings (SSSR count). The van der Waals surface area contributed by atoms with Crippen LogP contribution in [-0.4, -0.2) is 5.78 Å². The van der Waals surface area contributed by atoms with Crippen molar-refractivity contribution in [2.75, 3.05) is 0 Å². The molecule has 0 N–H and O–H groups in total. The Morgan fingerprint density at radius 3 is 2.50 bits per heavy atom. The van der Waals surface area contributed by atoms with E-state index in [9.17, 15) is 4.79 Å². The molecule has 0 unspecified atom stereocenters. The van der Waals surface area contributed by atoms with Gasteiger partial charge < -0.3 is 0 Å². The summed E-state index contributed by atoms with van der Waals surface area (Å²) in [6.07, 6.45) is 6.83. The molecule has 0 aromatic heterocycles. The normalized spacial score (nSPS) is 21.8. The Bertz CT molecular complexity index is 129. The number of Topliss-reactive ketones (excluding diaryl/α,β-unsaturated/α-hetero) is 1. The van der Waals surface area contributed by atoms with Crippen molar-refractivity contribution in [1.82, 2.24) is 0 Å². The van der Waals surface area contributed by atoms with Gasteiger partial charge in [0.05, 0.1) is 0 Å². The van der Waals surface area contributed by atoms with Crippen molar-refractivity contribution in [2.45, 2.75) is 20.3 Å². The molecule has 0 amide bonds. The average molecular weight is 135 g/mol. The molecule has 0 saturated heterocycles. The first kappa shape index (κ1) is 7.77. The van der Waals surface area contributed by atoms with Gasteiger partial charge >= 0.3 is 0 Å². The molecular weight excluding hydrogens is 124 g/mol. The molecule has 0 heterocycles.